The van der Waals surface area contributed by atoms with Crippen LogP contribution in [-0.2, 0) is 0 Å². The van der Waals surface area contributed by atoms with E-state index >= 15 is 0 Å². The van der Waals surface area contributed by atoms with Crippen molar-refractivity contribution in [2.45, 2.75) is 259 Å². The third kappa shape index (κ3) is 17.8. The van der Waals surface area contributed by atoms with Gasteiger partial charge in [0.05, 0.1) is 0 Å². The fourth-order valence-electron chi connectivity index (χ4n) is 10.9. The number of likely N-dealkylation sites (tertiary alicyclic amines) is 1. The number of hydrogen-bond donors (Lipinski definition) is 0. The second-order valence-corrected chi connectivity index (χ2v) is 22.4. The minimum atomic E-state index is 0.513. The molecule has 3 aliphatic heterocycles. The molecular weight excluding hydrogens is 719 g/mol. The fraction of sp³-hybridized carbons (Fsp3) is 0.926. The molecule has 0 aromatic heterocycles. The van der Waals surface area contributed by atoms with Crippen LogP contribution < -0.4 is 0 Å². The van der Waals surface area contributed by atoms with Gasteiger partial charge in [0.1, 0.15) is 0 Å². The minimum Gasteiger partial charge on any atom is -0.298 e. The van der Waals surface area contributed by atoms with Crippen LogP contribution in [0.5, 0.6) is 0 Å². The molecule has 3 saturated heterocycles. The summed E-state index contributed by atoms with van der Waals surface area (Å²) >= 11 is 0. The lowest BCUT2D eigenvalue weighted by atomic mass is 9.73. The topological polar surface area (TPSA) is 16.2 Å². The number of nitrogens with zero attached hydrogens (tertiary/aromatic N) is 5. The van der Waals surface area contributed by atoms with Crippen LogP contribution in [0.3, 0.4) is 0 Å². The van der Waals surface area contributed by atoms with E-state index in [-0.39, 0.29) is 0 Å². The van der Waals surface area contributed by atoms with Gasteiger partial charge in [0.25, 0.3) is 0 Å². The number of hydrazine groups is 2. The van der Waals surface area contributed by atoms with Crippen molar-refractivity contribution < 1.29 is 0 Å². The molecule has 0 amide bonds. The molecule has 59 heavy (non-hydrogen) atoms. The molecule has 2 saturated carbocycles. The summed E-state index contributed by atoms with van der Waals surface area (Å²) < 4.78 is 0. The lowest BCUT2D eigenvalue weighted by molar-refractivity contribution is -0.0952. The maximum atomic E-state index is 2.69. The molecule has 3 heterocycles. The summed E-state index contributed by atoms with van der Waals surface area (Å²) in [5, 5.41) is 9.97. The van der Waals surface area contributed by atoms with E-state index in [1.165, 1.54) is 103 Å². The Morgan fingerprint density at radius 3 is 1.27 bits per heavy atom. The highest BCUT2D eigenvalue weighted by molar-refractivity contribution is 5.23. The Kier molecular flexibility index (Phi) is 26.2. The van der Waals surface area contributed by atoms with Gasteiger partial charge in [0.2, 0.25) is 0 Å². The predicted molar refractivity (Wildman–Crippen MR) is 266 cm³/mol. The molecular formula is C54H109N5. The fourth-order valence-corrected chi connectivity index (χ4v) is 10.9. The lowest BCUT2D eigenvalue weighted by Gasteiger charge is -2.43. The van der Waals surface area contributed by atoms with Gasteiger partial charge in [-0.2, -0.15) is 0 Å². The van der Waals surface area contributed by atoms with Gasteiger partial charge in [-0.3, -0.25) is 4.90 Å². The molecule has 2 aliphatic carbocycles. The van der Waals surface area contributed by atoms with Crippen molar-refractivity contribution in [1.29, 1.82) is 0 Å². The van der Waals surface area contributed by atoms with Crippen LogP contribution in [0, 0.1) is 35.0 Å². The third-order valence-electron chi connectivity index (χ3n) is 15.1. The minimum absolute atomic E-state index is 0.513. The van der Waals surface area contributed by atoms with Crippen LogP contribution >= 0.6 is 0 Å². The monoisotopic (exact) mass is 828 g/mol. The van der Waals surface area contributed by atoms with E-state index in [4.69, 9.17) is 0 Å². The second-order valence-electron chi connectivity index (χ2n) is 22.4. The molecule has 0 aromatic carbocycles. The zero-order valence-electron chi connectivity index (χ0n) is 44.4. The molecule has 5 rings (SSSR count). The summed E-state index contributed by atoms with van der Waals surface area (Å²) in [7, 11) is 0. The third-order valence-corrected chi connectivity index (χ3v) is 15.1. The van der Waals surface area contributed by atoms with Crippen LogP contribution in [0.2, 0.25) is 0 Å². The average molecular weight is 829 g/mol. The molecule has 5 fully saturated rings. The van der Waals surface area contributed by atoms with Crippen molar-refractivity contribution >= 4 is 0 Å². The highest BCUT2D eigenvalue weighted by Gasteiger charge is 2.37. The number of rotatable bonds is 9. The summed E-state index contributed by atoms with van der Waals surface area (Å²) in [5.41, 5.74) is 7.13. The molecule has 1 unspecified atom stereocenters. The molecule has 0 aromatic rings. The summed E-state index contributed by atoms with van der Waals surface area (Å²) in [6.45, 7) is 57.1. The Morgan fingerprint density at radius 1 is 0.492 bits per heavy atom. The van der Waals surface area contributed by atoms with Crippen molar-refractivity contribution in [3.8, 4) is 0 Å². The van der Waals surface area contributed by atoms with Gasteiger partial charge < -0.3 is 0 Å². The van der Waals surface area contributed by atoms with Crippen LogP contribution in [0.25, 0.3) is 0 Å². The van der Waals surface area contributed by atoms with Gasteiger partial charge >= 0.3 is 0 Å². The maximum absolute atomic E-state index is 2.69. The Hall–Kier alpha value is -0.720. The van der Waals surface area contributed by atoms with Crippen LogP contribution in [0.4, 0.5) is 0 Å². The Morgan fingerprint density at radius 2 is 0.949 bits per heavy atom. The average Bonchev–Trinajstić information content (AvgIpc) is 3.98. The molecule has 5 nitrogen and oxygen atoms in total. The highest BCUT2D eigenvalue weighted by Crippen LogP contribution is 2.49. The van der Waals surface area contributed by atoms with Gasteiger partial charge in [-0.05, 0) is 209 Å². The van der Waals surface area contributed by atoms with Gasteiger partial charge in [-0.15, -0.1) is 0 Å². The second kappa shape index (κ2) is 27.5. The summed E-state index contributed by atoms with van der Waals surface area (Å²) in [6.07, 6.45) is 15.2. The van der Waals surface area contributed by atoms with E-state index in [1.54, 1.807) is 22.3 Å². The highest BCUT2D eigenvalue weighted by atomic mass is 15.7. The molecule has 5 heteroatoms. The summed E-state index contributed by atoms with van der Waals surface area (Å²) in [5.74, 6) is 4.22. The molecule has 350 valence electrons. The molecule has 4 atom stereocenters. The smallest absolute Gasteiger partial charge is 0.0189 e. The largest absolute Gasteiger partial charge is 0.298 e. The van der Waals surface area contributed by atoms with Crippen molar-refractivity contribution in [2.24, 2.45) is 35.0 Å². The standard InChI is InChI=1S/C12H25N.C12H22.C11H20.C10H22N2.C9H20N2/c1-9(2)11(5)12-7-6-8-13(12)10(3)4;1-9(2)11-7-6-8-12(11,5)10(3)4;1-8(2)10-6-5-7-11(10)9(3)4;1-9(2)11-7-5-6-8-12(11)10(3)4;1-8(2)10-6-5-7-11(10)9(3)4/h9-12H,6-8H2,1-5H3;10H,6-8H2,1-5H3;8,10H,5-7H2,1-4H3;9-10H,5-8H2,1-4H3;8-9H,5-7H2,1-4H3/t11?,12-;12-;10-;;/m000../s1. The van der Waals surface area contributed by atoms with Crippen LogP contribution in [0.1, 0.15) is 223 Å². The Balaban J connectivity index is 0.000000369. The van der Waals surface area contributed by atoms with Crippen molar-refractivity contribution in [2.75, 3.05) is 32.7 Å². The van der Waals surface area contributed by atoms with Crippen molar-refractivity contribution in [3.05, 3.63) is 22.3 Å². The van der Waals surface area contributed by atoms with E-state index in [0.29, 0.717) is 29.6 Å². The van der Waals surface area contributed by atoms with Crippen molar-refractivity contribution in [1.82, 2.24) is 24.9 Å². The molecule has 0 bridgehead atoms. The zero-order chi connectivity index (χ0) is 45.4. The van der Waals surface area contributed by atoms with E-state index in [1.807, 2.05) is 0 Å². The normalized spacial score (nSPS) is 25.5. The zero-order valence-corrected chi connectivity index (χ0v) is 44.4. The number of hydrogen-bond acceptors (Lipinski definition) is 5. The quantitative estimate of drug-likeness (QED) is 0.215. The maximum Gasteiger partial charge on any atom is 0.0189 e. The Labute approximate surface area is 372 Å². The van der Waals surface area contributed by atoms with Crippen molar-refractivity contribution in [3.63, 3.8) is 0 Å². The van der Waals surface area contributed by atoms with Gasteiger partial charge in [0, 0.05) is 62.4 Å². The first-order valence-corrected chi connectivity index (χ1v) is 25.5. The van der Waals surface area contributed by atoms with Gasteiger partial charge in [-0.1, -0.05) is 77.7 Å². The Bertz CT molecular complexity index is 1160. The van der Waals surface area contributed by atoms with E-state index in [0.717, 1.165) is 41.7 Å². The number of allylic oxidation sites excluding steroid dienone is 4. The molecule has 0 N–H and O–H groups in total. The molecule has 5 aliphatic rings. The predicted octanol–water partition coefficient (Wildman–Crippen LogP) is 14.9. The summed E-state index contributed by atoms with van der Waals surface area (Å²) in [4.78, 5) is 2.69. The first kappa shape index (κ1) is 56.3. The van der Waals surface area contributed by atoms with E-state index < -0.39 is 0 Å². The van der Waals surface area contributed by atoms with Gasteiger partial charge in [-0.25, -0.2) is 20.0 Å². The van der Waals surface area contributed by atoms with E-state index in [9.17, 15) is 0 Å². The van der Waals surface area contributed by atoms with Gasteiger partial charge in [0.15, 0.2) is 0 Å². The lowest BCUT2D eigenvalue weighted by Crippen LogP contribution is -2.53. The summed E-state index contributed by atoms with van der Waals surface area (Å²) in [6, 6.07) is 4.23. The first-order valence-electron chi connectivity index (χ1n) is 25.5. The first-order chi connectivity index (χ1) is 27.4. The van der Waals surface area contributed by atoms with E-state index in [2.05, 4.69) is 177 Å². The molecule has 0 radical (unpaired) electrons. The molecule has 0 spiro atoms. The SMILES string of the molecule is CC(C)=C1CCC[C@@]1(C)C(C)C.CC(C)=C1CCC[C@H]1C(C)C.CC(C)C(C)[C@@H]1CCCN1C(C)C.CC(C)N1CCCCN1C(C)C.CC(C)N1CCCN1C(C)C. The van der Waals surface area contributed by atoms with Crippen LogP contribution in [-0.4, -0.2) is 93.9 Å². The van der Waals surface area contributed by atoms with Crippen LogP contribution in [0.15, 0.2) is 22.3 Å².